The summed E-state index contributed by atoms with van der Waals surface area (Å²) in [5.41, 5.74) is 3.88. The Morgan fingerprint density at radius 3 is 2.75 bits per heavy atom. The maximum absolute atomic E-state index is 9.98. The van der Waals surface area contributed by atoms with E-state index in [1.807, 2.05) is 48.0 Å². The summed E-state index contributed by atoms with van der Waals surface area (Å²) in [5.74, 6) is 0.359. The number of hydrogen-bond donors (Lipinski definition) is 4. The van der Waals surface area contributed by atoms with Gasteiger partial charge < -0.3 is 15.2 Å². The van der Waals surface area contributed by atoms with Crippen LogP contribution >= 0.6 is 11.3 Å². The van der Waals surface area contributed by atoms with Crippen molar-refractivity contribution in [1.82, 2.24) is 4.98 Å². The number of benzene rings is 1. The zero-order valence-electron chi connectivity index (χ0n) is 15.1. The number of aromatic hydroxyl groups is 1. The van der Waals surface area contributed by atoms with Crippen LogP contribution in [0.25, 0.3) is 16.5 Å². The van der Waals surface area contributed by atoms with Crippen molar-refractivity contribution >= 4 is 35.4 Å². The fourth-order valence-electron chi connectivity index (χ4n) is 2.63. The average Bonchev–Trinajstić information content (AvgIpc) is 3.14. The maximum atomic E-state index is 9.98. The van der Waals surface area contributed by atoms with Gasteiger partial charge in [0.15, 0.2) is 12.3 Å². The van der Waals surface area contributed by atoms with Gasteiger partial charge in [0.2, 0.25) is 0 Å². The predicted molar refractivity (Wildman–Crippen MR) is 114 cm³/mol. The van der Waals surface area contributed by atoms with Crippen molar-refractivity contribution in [1.29, 1.82) is 10.8 Å². The van der Waals surface area contributed by atoms with Crippen LogP contribution in [-0.4, -0.2) is 22.4 Å². The van der Waals surface area contributed by atoms with E-state index in [0.29, 0.717) is 12.8 Å². The Balaban J connectivity index is 1.62. The molecule has 0 saturated heterocycles. The normalized spacial score (nSPS) is 10.7. The molecular formula is C21H20N4O2S. The summed E-state index contributed by atoms with van der Waals surface area (Å²) in [6.45, 7) is 0. The van der Waals surface area contributed by atoms with E-state index in [1.165, 1.54) is 11.3 Å². The number of nitrogens with one attached hydrogen (secondary N) is 3. The number of thiophene rings is 1. The Bertz CT molecular complexity index is 980. The molecule has 142 valence electrons. The summed E-state index contributed by atoms with van der Waals surface area (Å²) in [5, 5.41) is 29.4. The van der Waals surface area contributed by atoms with E-state index in [2.05, 4.69) is 10.3 Å². The first kappa shape index (κ1) is 19.3. The van der Waals surface area contributed by atoms with Crippen molar-refractivity contribution in [3.05, 3.63) is 71.5 Å². The van der Waals surface area contributed by atoms with Crippen LogP contribution in [0.1, 0.15) is 17.5 Å². The zero-order valence-corrected chi connectivity index (χ0v) is 15.9. The van der Waals surface area contributed by atoms with E-state index in [1.54, 1.807) is 18.5 Å². The van der Waals surface area contributed by atoms with Crippen molar-refractivity contribution < 1.29 is 9.84 Å². The molecule has 6 nitrogen and oxygen atoms in total. The van der Waals surface area contributed by atoms with E-state index >= 15 is 0 Å². The second-order valence-corrected chi connectivity index (χ2v) is 6.85. The molecule has 28 heavy (non-hydrogen) atoms. The predicted octanol–water partition coefficient (Wildman–Crippen LogP) is 5.13. The molecule has 0 spiro atoms. The number of pyridine rings is 1. The fourth-order valence-corrected chi connectivity index (χ4v) is 3.47. The van der Waals surface area contributed by atoms with Crippen LogP contribution in [0.15, 0.2) is 60.4 Å². The molecule has 0 bridgehead atoms. The lowest BCUT2D eigenvalue weighted by Crippen LogP contribution is -2.02. The fraction of sp³-hybridized carbons (Fsp3) is 0.0952. The van der Waals surface area contributed by atoms with Gasteiger partial charge in [0.25, 0.3) is 0 Å². The second kappa shape index (κ2) is 9.48. The largest absolute Gasteiger partial charge is 0.506 e. The first-order chi connectivity index (χ1) is 13.7. The number of nitrogens with zero attached hydrogens (tertiary/aromatic N) is 1. The van der Waals surface area contributed by atoms with E-state index < -0.39 is 0 Å². The molecule has 0 aliphatic carbocycles. The molecule has 0 unspecified atom stereocenters. The Labute approximate surface area is 167 Å². The number of ether oxygens (including phenoxy) is 1. The Kier molecular flexibility index (Phi) is 6.54. The van der Waals surface area contributed by atoms with E-state index in [4.69, 9.17) is 15.6 Å². The molecule has 1 aromatic carbocycles. The summed E-state index contributed by atoms with van der Waals surface area (Å²) in [4.78, 5) is 5.00. The third-order valence-electron chi connectivity index (χ3n) is 4.05. The van der Waals surface area contributed by atoms with Gasteiger partial charge in [-0.1, -0.05) is 12.1 Å². The van der Waals surface area contributed by atoms with Gasteiger partial charge >= 0.3 is 0 Å². The standard InChI is InChI=1S/C21H20N4O2S/c22-14-27-20(23)6-3-15-1-4-17(5-2-15)25-11-7-16-13-24-10-8-18(16)21-19(26)9-12-28-21/h1-2,4-5,7-14,22-23,25-26H,3,6H2/b11-7+,22-14?,23-20?. The number of rotatable bonds is 8. The van der Waals surface area contributed by atoms with Gasteiger partial charge in [-0.15, -0.1) is 11.3 Å². The molecule has 2 aromatic heterocycles. The summed E-state index contributed by atoms with van der Waals surface area (Å²) >= 11 is 1.49. The lowest BCUT2D eigenvalue weighted by atomic mass is 10.1. The van der Waals surface area contributed by atoms with Crippen molar-refractivity contribution in [3.63, 3.8) is 0 Å². The van der Waals surface area contributed by atoms with Crippen molar-refractivity contribution in [2.75, 3.05) is 5.32 Å². The number of anilines is 1. The topological polar surface area (TPSA) is 102 Å². The third kappa shape index (κ3) is 5.05. The van der Waals surface area contributed by atoms with Crippen molar-refractivity contribution in [2.45, 2.75) is 12.8 Å². The van der Waals surface area contributed by atoms with E-state index in [9.17, 15) is 5.11 Å². The van der Waals surface area contributed by atoms with E-state index in [-0.39, 0.29) is 11.6 Å². The quantitative estimate of drug-likeness (QED) is 0.315. The highest BCUT2D eigenvalue weighted by Gasteiger charge is 2.09. The number of hydrogen-bond acceptors (Lipinski definition) is 7. The van der Waals surface area contributed by atoms with E-state index in [0.717, 1.165) is 33.7 Å². The number of aromatic nitrogens is 1. The minimum atomic E-state index is 0.0872. The minimum Gasteiger partial charge on any atom is -0.506 e. The van der Waals surface area contributed by atoms with Crippen LogP contribution in [-0.2, 0) is 11.2 Å². The van der Waals surface area contributed by atoms with Crippen LogP contribution in [0.2, 0.25) is 0 Å². The van der Waals surface area contributed by atoms with Crippen LogP contribution in [0.5, 0.6) is 5.75 Å². The number of aryl methyl sites for hydroxylation is 1. The Morgan fingerprint density at radius 2 is 2.04 bits per heavy atom. The first-order valence-electron chi connectivity index (χ1n) is 8.63. The second-order valence-electron chi connectivity index (χ2n) is 5.93. The van der Waals surface area contributed by atoms with Crippen molar-refractivity contribution in [3.8, 4) is 16.2 Å². The summed E-state index contributed by atoms with van der Waals surface area (Å²) in [6, 6.07) is 11.5. The zero-order chi connectivity index (χ0) is 19.8. The smallest absolute Gasteiger partial charge is 0.189 e. The molecule has 3 rings (SSSR count). The lowest BCUT2D eigenvalue weighted by Gasteiger charge is -2.06. The van der Waals surface area contributed by atoms with Crippen LogP contribution in [0.4, 0.5) is 5.69 Å². The molecule has 0 atom stereocenters. The summed E-state index contributed by atoms with van der Waals surface area (Å²) in [6.07, 6.45) is 9.16. The SMILES string of the molecule is N=COC(=N)CCc1ccc(N/C=C/c2cnccc2-c2sccc2O)cc1. The molecule has 7 heteroatoms. The highest BCUT2D eigenvalue weighted by atomic mass is 32.1. The summed E-state index contributed by atoms with van der Waals surface area (Å²) in [7, 11) is 0. The molecule has 0 fully saturated rings. The molecule has 0 aliphatic heterocycles. The van der Waals surface area contributed by atoms with Gasteiger partial charge in [-0.05, 0) is 47.7 Å². The summed E-state index contributed by atoms with van der Waals surface area (Å²) < 4.78 is 4.71. The molecule has 0 amide bonds. The van der Waals surface area contributed by atoms with Crippen LogP contribution < -0.4 is 5.32 Å². The first-order valence-corrected chi connectivity index (χ1v) is 9.51. The monoisotopic (exact) mass is 392 g/mol. The molecule has 0 radical (unpaired) electrons. The average molecular weight is 392 g/mol. The lowest BCUT2D eigenvalue weighted by molar-refractivity contribution is 0.479. The Hall–Kier alpha value is -3.45. The van der Waals surface area contributed by atoms with Crippen molar-refractivity contribution in [2.24, 2.45) is 0 Å². The maximum Gasteiger partial charge on any atom is 0.189 e. The van der Waals surface area contributed by atoms with Gasteiger partial charge in [-0.2, -0.15) is 0 Å². The van der Waals surface area contributed by atoms with Crippen LogP contribution in [0.3, 0.4) is 0 Å². The van der Waals surface area contributed by atoms with Gasteiger partial charge in [0, 0.05) is 41.8 Å². The van der Waals surface area contributed by atoms with Crippen LogP contribution in [0, 0.1) is 10.8 Å². The van der Waals surface area contributed by atoms with Gasteiger partial charge in [0.1, 0.15) is 5.75 Å². The molecule has 4 N–H and O–H groups in total. The highest BCUT2D eigenvalue weighted by molar-refractivity contribution is 7.14. The van der Waals surface area contributed by atoms with Gasteiger partial charge in [-0.3, -0.25) is 15.8 Å². The van der Waals surface area contributed by atoms with Gasteiger partial charge in [0.05, 0.1) is 4.88 Å². The molecule has 2 heterocycles. The minimum absolute atomic E-state index is 0.0872. The third-order valence-corrected chi connectivity index (χ3v) is 4.99. The molecule has 3 aromatic rings. The Morgan fingerprint density at radius 1 is 1.21 bits per heavy atom. The molecule has 0 saturated carbocycles. The molecular weight excluding hydrogens is 372 g/mol. The highest BCUT2D eigenvalue weighted by Crippen LogP contribution is 2.36. The van der Waals surface area contributed by atoms with Gasteiger partial charge in [-0.25, -0.2) is 0 Å². The molecule has 0 aliphatic rings.